The van der Waals surface area contributed by atoms with Gasteiger partial charge in [-0.25, -0.2) is 4.90 Å². The Bertz CT molecular complexity index is 778. The van der Waals surface area contributed by atoms with Crippen LogP contribution in [0.25, 0.3) is 5.57 Å². The van der Waals surface area contributed by atoms with Gasteiger partial charge in [0.25, 0.3) is 11.8 Å². The van der Waals surface area contributed by atoms with E-state index in [4.69, 9.17) is 11.6 Å². The molecule has 0 aliphatic carbocycles. The zero-order chi connectivity index (χ0) is 15.1. The number of nitrogens with zero attached hydrogens (tertiary/aromatic N) is 1. The summed E-state index contributed by atoms with van der Waals surface area (Å²) in [7, 11) is 0. The SMILES string of the molecule is Cc1ccc(C)c(N2C(=O)C(Cl)=C(c3cccs3)C2=O)c1. The molecular weight excluding hydrogens is 306 g/mol. The van der Waals surface area contributed by atoms with Crippen molar-refractivity contribution >= 4 is 46.0 Å². The number of amides is 2. The molecule has 0 spiro atoms. The Morgan fingerprint density at radius 1 is 1.10 bits per heavy atom. The Kier molecular flexibility index (Phi) is 3.43. The summed E-state index contributed by atoms with van der Waals surface area (Å²) >= 11 is 7.52. The number of carbonyl (C=O) groups is 2. The number of imide groups is 1. The lowest BCUT2D eigenvalue weighted by atomic mass is 10.1. The smallest absolute Gasteiger partial charge is 0.268 e. The molecule has 2 heterocycles. The fraction of sp³-hybridized carbons (Fsp3) is 0.125. The van der Waals surface area contributed by atoms with Gasteiger partial charge in [-0.3, -0.25) is 9.59 Å². The van der Waals surface area contributed by atoms with Crippen LogP contribution in [0.15, 0.2) is 40.7 Å². The summed E-state index contributed by atoms with van der Waals surface area (Å²) in [6.07, 6.45) is 0. The monoisotopic (exact) mass is 317 g/mol. The highest BCUT2D eigenvalue weighted by atomic mass is 35.5. The second-order valence-corrected chi connectivity index (χ2v) is 6.23. The molecule has 0 radical (unpaired) electrons. The van der Waals surface area contributed by atoms with Gasteiger partial charge in [0.2, 0.25) is 0 Å². The van der Waals surface area contributed by atoms with Crippen molar-refractivity contribution in [1.82, 2.24) is 0 Å². The molecule has 5 heteroatoms. The van der Waals surface area contributed by atoms with Gasteiger partial charge in [-0.2, -0.15) is 0 Å². The maximum Gasteiger partial charge on any atom is 0.277 e. The summed E-state index contributed by atoms with van der Waals surface area (Å²) in [5, 5.41) is 1.84. The molecule has 0 saturated carbocycles. The number of rotatable bonds is 2. The molecule has 106 valence electrons. The third-order valence-electron chi connectivity index (χ3n) is 3.40. The number of halogens is 1. The first-order valence-electron chi connectivity index (χ1n) is 6.40. The highest BCUT2D eigenvalue weighted by molar-refractivity contribution is 7.11. The fourth-order valence-corrected chi connectivity index (χ4v) is 3.41. The molecule has 1 aliphatic heterocycles. The van der Waals surface area contributed by atoms with Crippen LogP contribution in [0.5, 0.6) is 0 Å². The summed E-state index contributed by atoms with van der Waals surface area (Å²) in [6.45, 7) is 3.79. The molecule has 0 bridgehead atoms. The second-order valence-electron chi connectivity index (χ2n) is 4.90. The molecule has 2 aromatic rings. The number of benzene rings is 1. The number of hydrogen-bond acceptors (Lipinski definition) is 3. The van der Waals surface area contributed by atoms with Crippen molar-refractivity contribution in [2.24, 2.45) is 0 Å². The molecule has 21 heavy (non-hydrogen) atoms. The van der Waals surface area contributed by atoms with Gasteiger partial charge in [-0.1, -0.05) is 29.8 Å². The number of aryl methyl sites for hydroxylation is 2. The normalized spacial score (nSPS) is 15.3. The van der Waals surface area contributed by atoms with Crippen molar-refractivity contribution in [3.05, 3.63) is 56.7 Å². The second kappa shape index (κ2) is 5.13. The predicted molar refractivity (Wildman–Crippen MR) is 85.5 cm³/mol. The maximum absolute atomic E-state index is 12.7. The van der Waals surface area contributed by atoms with E-state index >= 15 is 0 Å². The van der Waals surface area contributed by atoms with Crippen LogP contribution in [0.2, 0.25) is 0 Å². The van der Waals surface area contributed by atoms with Gasteiger partial charge in [0.15, 0.2) is 0 Å². The molecule has 1 aromatic carbocycles. The zero-order valence-corrected chi connectivity index (χ0v) is 13.1. The van der Waals surface area contributed by atoms with Crippen LogP contribution < -0.4 is 4.90 Å². The topological polar surface area (TPSA) is 37.4 Å². The van der Waals surface area contributed by atoms with Crippen LogP contribution in [-0.4, -0.2) is 11.8 Å². The van der Waals surface area contributed by atoms with E-state index in [1.165, 1.54) is 16.2 Å². The van der Waals surface area contributed by atoms with Gasteiger partial charge in [0.05, 0.1) is 11.3 Å². The Morgan fingerprint density at radius 2 is 1.86 bits per heavy atom. The summed E-state index contributed by atoms with van der Waals surface area (Å²) in [6, 6.07) is 9.28. The average Bonchev–Trinajstić information content (AvgIpc) is 3.02. The molecule has 0 saturated heterocycles. The van der Waals surface area contributed by atoms with E-state index in [1.54, 1.807) is 6.07 Å². The van der Waals surface area contributed by atoms with Crippen LogP contribution in [0.4, 0.5) is 5.69 Å². The van der Waals surface area contributed by atoms with Gasteiger partial charge in [0, 0.05) is 4.88 Å². The number of hydrogen-bond donors (Lipinski definition) is 0. The molecular formula is C16H12ClNO2S. The van der Waals surface area contributed by atoms with Crippen molar-refractivity contribution in [3.63, 3.8) is 0 Å². The Labute approximate surface area is 131 Å². The fourth-order valence-electron chi connectivity index (χ4n) is 2.32. The maximum atomic E-state index is 12.7. The van der Waals surface area contributed by atoms with Crippen molar-refractivity contribution < 1.29 is 9.59 Å². The van der Waals surface area contributed by atoms with Crippen LogP contribution in [0.1, 0.15) is 16.0 Å². The van der Waals surface area contributed by atoms with E-state index in [0.29, 0.717) is 10.6 Å². The van der Waals surface area contributed by atoms with E-state index in [0.717, 1.165) is 11.1 Å². The van der Waals surface area contributed by atoms with Crippen molar-refractivity contribution in [1.29, 1.82) is 0 Å². The Hall–Kier alpha value is -1.91. The zero-order valence-electron chi connectivity index (χ0n) is 11.5. The van der Waals surface area contributed by atoms with Crippen molar-refractivity contribution in [2.45, 2.75) is 13.8 Å². The van der Waals surface area contributed by atoms with Crippen molar-refractivity contribution in [2.75, 3.05) is 4.90 Å². The number of carbonyl (C=O) groups excluding carboxylic acids is 2. The number of thiophene rings is 1. The van der Waals surface area contributed by atoms with E-state index in [1.807, 2.05) is 43.5 Å². The third-order valence-corrected chi connectivity index (χ3v) is 4.64. The Balaban J connectivity index is 2.11. The van der Waals surface area contributed by atoms with Gasteiger partial charge in [-0.05, 0) is 42.5 Å². The van der Waals surface area contributed by atoms with E-state index in [-0.39, 0.29) is 16.5 Å². The van der Waals surface area contributed by atoms with Crippen LogP contribution in [0.3, 0.4) is 0 Å². The van der Waals surface area contributed by atoms with Gasteiger partial charge in [-0.15, -0.1) is 11.3 Å². The van der Waals surface area contributed by atoms with E-state index < -0.39 is 5.91 Å². The lowest BCUT2D eigenvalue weighted by Crippen LogP contribution is -2.31. The summed E-state index contributed by atoms with van der Waals surface area (Å²) in [4.78, 5) is 26.9. The first-order valence-corrected chi connectivity index (χ1v) is 7.66. The first-order chi connectivity index (χ1) is 10.0. The highest BCUT2D eigenvalue weighted by Crippen LogP contribution is 2.37. The molecule has 0 fully saturated rings. The molecule has 0 N–H and O–H groups in total. The average molecular weight is 318 g/mol. The highest BCUT2D eigenvalue weighted by Gasteiger charge is 2.40. The molecule has 0 atom stereocenters. The lowest BCUT2D eigenvalue weighted by Gasteiger charge is -2.17. The number of anilines is 1. The third kappa shape index (κ3) is 2.20. The van der Waals surface area contributed by atoms with Gasteiger partial charge in [0.1, 0.15) is 5.03 Å². The minimum Gasteiger partial charge on any atom is -0.268 e. The molecule has 2 amide bonds. The van der Waals surface area contributed by atoms with Gasteiger partial charge < -0.3 is 0 Å². The van der Waals surface area contributed by atoms with Crippen molar-refractivity contribution in [3.8, 4) is 0 Å². The molecule has 3 rings (SSSR count). The molecule has 1 aliphatic rings. The summed E-state index contributed by atoms with van der Waals surface area (Å²) < 4.78 is 0. The van der Waals surface area contributed by atoms with Crippen LogP contribution >= 0.6 is 22.9 Å². The Morgan fingerprint density at radius 3 is 2.52 bits per heavy atom. The molecule has 0 unspecified atom stereocenters. The minimum absolute atomic E-state index is 0.0108. The van der Waals surface area contributed by atoms with E-state index in [2.05, 4.69) is 0 Å². The standard InChI is InChI=1S/C16H12ClNO2S/c1-9-5-6-10(2)11(8-9)18-15(19)13(14(17)16(18)20)12-4-3-7-21-12/h3-8H,1-2H3. The molecule has 3 nitrogen and oxygen atoms in total. The predicted octanol–water partition coefficient (Wildman–Crippen LogP) is 3.89. The largest absolute Gasteiger partial charge is 0.277 e. The summed E-state index contributed by atoms with van der Waals surface area (Å²) in [5.41, 5.74) is 2.73. The van der Waals surface area contributed by atoms with Gasteiger partial charge >= 0.3 is 0 Å². The minimum atomic E-state index is -0.459. The summed E-state index contributed by atoms with van der Waals surface area (Å²) in [5.74, 6) is -0.820. The molecule has 1 aromatic heterocycles. The van der Waals surface area contributed by atoms with E-state index in [9.17, 15) is 9.59 Å². The first kappa shape index (κ1) is 14.0. The van der Waals surface area contributed by atoms with Crippen LogP contribution in [-0.2, 0) is 9.59 Å². The van der Waals surface area contributed by atoms with Crippen LogP contribution in [0, 0.1) is 13.8 Å². The lowest BCUT2D eigenvalue weighted by molar-refractivity contribution is -0.119. The quantitative estimate of drug-likeness (QED) is 0.788.